The lowest BCUT2D eigenvalue weighted by atomic mass is 9.93. The molecule has 1 aromatic rings. The van der Waals surface area contributed by atoms with E-state index in [1.54, 1.807) is 12.1 Å². The van der Waals surface area contributed by atoms with Gasteiger partial charge in [-0.15, -0.1) is 0 Å². The van der Waals surface area contributed by atoms with E-state index in [2.05, 4.69) is 4.90 Å². The highest BCUT2D eigenvalue weighted by atomic mass is 19.1. The van der Waals surface area contributed by atoms with Gasteiger partial charge in [-0.1, -0.05) is 25.3 Å². The smallest absolute Gasteiger partial charge is 0.129 e. The Labute approximate surface area is 119 Å². The van der Waals surface area contributed by atoms with Gasteiger partial charge in [-0.3, -0.25) is 4.90 Å². The average Bonchev–Trinajstić information content (AvgIpc) is 2.49. The highest BCUT2D eigenvalue weighted by Crippen LogP contribution is 2.24. The fraction of sp³-hybridized carbons (Fsp3) is 0.562. The van der Waals surface area contributed by atoms with Crippen molar-refractivity contribution in [1.29, 1.82) is 5.26 Å². The van der Waals surface area contributed by atoms with E-state index in [9.17, 15) is 9.50 Å². The lowest BCUT2D eigenvalue weighted by Crippen LogP contribution is -2.38. The fourth-order valence-electron chi connectivity index (χ4n) is 2.93. The van der Waals surface area contributed by atoms with Crippen LogP contribution in [0.5, 0.6) is 0 Å². The van der Waals surface area contributed by atoms with Crippen LogP contribution in [0.25, 0.3) is 0 Å². The maximum Gasteiger partial charge on any atom is 0.129 e. The topological polar surface area (TPSA) is 47.3 Å². The highest BCUT2D eigenvalue weighted by Gasteiger charge is 2.21. The Balaban J connectivity index is 2.09. The molecule has 0 spiro atoms. The van der Waals surface area contributed by atoms with Crippen LogP contribution in [0.2, 0.25) is 0 Å². The van der Waals surface area contributed by atoms with Crippen molar-refractivity contribution in [2.75, 3.05) is 13.2 Å². The summed E-state index contributed by atoms with van der Waals surface area (Å²) in [5.74, 6) is -0.331. The van der Waals surface area contributed by atoms with E-state index in [1.807, 2.05) is 6.07 Å². The minimum Gasteiger partial charge on any atom is -0.395 e. The van der Waals surface area contributed by atoms with Crippen LogP contribution in [0.1, 0.15) is 43.2 Å². The molecule has 108 valence electrons. The first-order valence-electron chi connectivity index (χ1n) is 7.28. The number of hydrogen-bond donors (Lipinski definition) is 1. The molecule has 0 bridgehead atoms. The van der Waals surface area contributed by atoms with Crippen LogP contribution in [0.15, 0.2) is 18.2 Å². The fourth-order valence-corrected chi connectivity index (χ4v) is 2.93. The van der Waals surface area contributed by atoms with Crippen molar-refractivity contribution in [3.8, 4) is 6.07 Å². The minimum atomic E-state index is -0.331. The second kappa shape index (κ2) is 7.37. The maximum atomic E-state index is 14.0. The molecule has 1 aliphatic carbocycles. The lowest BCUT2D eigenvalue weighted by Gasteiger charge is -2.34. The van der Waals surface area contributed by atoms with Gasteiger partial charge in [-0.05, 0) is 25.0 Å². The molecule has 3 nitrogen and oxygen atoms in total. The summed E-state index contributed by atoms with van der Waals surface area (Å²) in [7, 11) is 0. The molecule has 0 radical (unpaired) electrons. The molecule has 1 fully saturated rings. The van der Waals surface area contributed by atoms with Gasteiger partial charge in [-0.2, -0.15) is 5.26 Å². The molecular formula is C16H21FN2O. The third kappa shape index (κ3) is 3.78. The number of nitrogens with zero attached hydrogens (tertiary/aromatic N) is 2. The van der Waals surface area contributed by atoms with E-state index in [-0.39, 0.29) is 12.4 Å². The molecule has 0 unspecified atom stereocenters. The van der Waals surface area contributed by atoms with Crippen molar-refractivity contribution >= 4 is 0 Å². The number of aliphatic hydroxyl groups excluding tert-OH is 1. The zero-order valence-corrected chi connectivity index (χ0v) is 11.7. The molecule has 0 aromatic heterocycles. The molecule has 4 heteroatoms. The van der Waals surface area contributed by atoms with Gasteiger partial charge in [0.1, 0.15) is 5.82 Å². The molecule has 1 aromatic carbocycles. The first-order chi connectivity index (χ1) is 9.74. The molecule has 0 saturated heterocycles. The molecular weight excluding hydrogens is 255 g/mol. The first kappa shape index (κ1) is 15.0. The number of benzene rings is 1. The number of aliphatic hydroxyl groups is 1. The molecule has 2 rings (SSSR count). The Hall–Kier alpha value is -1.44. The van der Waals surface area contributed by atoms with Crippen molar-refractivity contribution < 1.29 is 9.50 Å². The SMILES string of the molecule is N#Cc1ccc(CN(CCO)C2CCCCC2)c(F)c1. The van der Waals surface area contributed by atoms with Gasteiger partial charge in [0.05, 0.1) is 18.2 Å². The van der Waals surface area contributed by atoms with E-state index in [0.717, 1.165) is 12.8 Å². The zero-order chi connectivity index (χ0) is 14.4. The molecule has 1 N–H and O–H groups in total. The standard InChI is InChI=1S/C16H21FN2O/c17-16-10-13(11-18)6-7-14(16)12-19(8-9-20)15-4-2-1-3-5-15/h6-7,10,15,20H,1-5,8-9,12H2. The average molecular weight is 276 g/mol. The van der Waals surface area contributed by atoms with Crippen LogP contribution in [0, 0.1) is 17.1 Å². The lowest BCUT2D eigenvalue weighted by molar-refractivity contribution is 0.116. The quantitative estimate of drug-likeness (QED) is 0.899. The number of nitriles is 1. The Kier molecular flexibility index (Phi) is 5.51. The molecule has 1 aliphatic rings. The monoisotopic (exact) mass is 276 g/mol. The second-order valence-corrected chi connectivity index (χ2v) is 5.40. The first-order valence-corrected chi connectivity index (χ1v) is 7.28. The van der Waals surface area contributed by atoms with Crippen LogP contribution < -0.4 is 0 Å². The van der Waals surface area contributed by atoms with E-state index in [4.69, 9.17) is 5.26 Å². The molecule has 1 saturated carbocycles. The largest absolute Gasteiger partial charge is 0.395 e. The van der Waals surface area contributed by atoms with E-state index >= 15 is 0 Å². The highest BCUT2D eigenvalue weighted by molar-refractivity contribution is 5.32. The predicted molar refractivity (Wildman–Crippen MR) is 75.5 cm³/mol. The Bertz CT molecular complexity index is 478. The normalized spacial score (nSPS) is 16.3. The Morgan fingerprint density at radius 3 is 2.65 bits per heavy atom. The molecule has 0 aliphatic heterocycles. The molecule has 20 heavy (non-hydrogen) atoms. The van der Waals surface area contributed by atoms with E-state index in [0.29, 0.717) is 30.3 Å². The second-order valence-electron chi connectivity index (χ2n) is 5.40. The van der Waals surface area contributed by atoms with Gasteiger partial charge in [0.15, 0.2) is 0 Å². The van der Waals surface area contributed by atoms with Crippen LogP contribution in [-0.4, -0.2) is 29.2 Å². The van der Waals surface area contributed by atoms with Gasteiger partial charge in [-0.25, -0.2) is 4.39 Å². The summed E-state index contributed by atoms with van der Waals surface area (Å²) in [5.41, 5.74) is 0.945. The molecule has 0 heterocycles. The number of halogens is 1. The summed E-state index contributed by atoms with van der Waals surface area (Å²) in [6.45, 7) is 1.17. The summed E-state index contributed by atoms with van der Waals surface area (Å²) >= 11 is 0. The maximum absolute atomic E-state index is 14.0. The Morgan fingerprint density at radius 1 is 1.30 bits per heavy atom. The summed E-state index contributed by atoms with van der Waals surface area (Å²) in [4.78, 5) is 2.17. The summed E-state index contributed by atoms with van der Waals surface area (Å²) in [6, 6.07) is 7.00. The van der Waals surface area contributed by atoms with E-state index in [1.165, 1.54) is 25.3 Å². The van der Waals surface area contributed by atoms with Crippen LogP contribution in [-0.2, 0) is 6.54 Å². The minimum absolute atomic E-state index is 0.0917. The summed E-state index contributed by atoms with van der Waals surface area (Å²) < 4.78 is 14.0. The molecule has 0 atom stereocenters. The molecule has 0 amide bonds. The van der Waals surface area contributed by atoms with Crippen molar-refractivity contribution in [3.63, 3.8) is 0 Å². The van der Waals surface area contributed by atoms with Crippen molar-refractivity contribution in [1.82, 2.24) is 4.90 Å². The van der Waals surface area contributed by atoms with Crippen LogP contribution >= 0.6 is 0 Å². The van der Waals surface area contributed by atoms with Crippen LogP contribution in [0.4, 0.5) is 4.39 Å². The zero-order valence-electron chi connectivity index (χ0n) is 11.7. The van der Waals surface area contributed by atoms with E-state index < -0.39 is 0 Å². The van der Waals surface area contributed by atoms with Crippen molar-refractivity contribution in [2.24, 2.45) is 0 Å². The third-order valence-electron chi connectivity index (χ3n) is 4.03. The summed E-state index contributed by atoms with van der Waals surface area (Å²) in [5, 5.41) is 18.0. The van der Waals surface area contributed by atoms with Gasteiger partial charge in [0.2, 0.25) is 0 Å². The van der Waals surface area contributed by atoms with Gasteiger partial charge in [0, 0.05) is 24.7 Å². The number of rotatable bonds is 5. The summed E-state index contributed by atoms with van der Waals surface area (Å²) in [6.07, 6.45) is 5.94. The van der Waals surface area contributed by atoms with Gasteiger partial charge >= 0.3 is 0 Å². The number of hydrogen-bond acceptors (Lipinski definition) is 3. The predicted octanol–water partition coefficient (Wildman–Crippen LogP) is 2.82. The van der Waals surface area contributed by atoms with Gasteiger partial charge < -0.3 is 5.11 Å². The van der Waals surface area contributed by atoms with Gasteiger partial charge in [0.25, 0.3) is 0 Å². The van der Waals surface area contributed by atoms with Crippen LogP contribution in [0.3, 0.4) is 0 Å². The Morgan fingerprint density at radius 2 is 2.05 bits per heavy atom. The third-order valence-corrected chi connectivity index (χ3v) is 4.03. The van der Waals surface area contributed by atoms with Crippen molar-refractivity contribution in [3.05, 3.63) is 35.1 Å². The van der Waals surface area contributed by atoms with Crippen molar-refractivity contribution in [2.45, 2.75) is 44.7 Å².